The number of aromatic nitrogens is 1. The van der Waals surface area contributed by atoms with E-state index in [9.17, 15) is 5.11 Å². The van der Waals surface area contributed by atoms with E-state index in [-0.39, 0.29) is 0 Å². The summed E-state index contributed by atoms with van der Waals surface area (Å²) in [5.41, 5.74) is 0.892. The van der Waals surface area contributed by atoms with Gasteiger partial charge in [-0.3, -0.25) is 4.98 Å². The third-order valence-electron chi connectivity index (χ3n) is 2.35. The maximum Gasteiger partial charge on any atom is 0.0988 e. The molecule has 0 aliphatic carbocycles. The van der Waals surface area contributed by atoms with Crippen molar-refractivity contribution in [2.24, 2.45) is 5.41 Å². The molecule has 0 bridgehead atoms. The number of pyridine rings is 1. The SMILES string of the molecule is Cc1ccncc1C(O)C(C)(C)C#N. The highest BCUT2D eigenvalue weighted by atomic mass is 16.3. The van der Waals surface area contributed by atoms with Crippen LogP contribution in [0.2, 0.25) is 0 Å². The lowest BCUT2D eigenvalue weighted by molar-refractivity contribution is 0.0858. The van der Waals surface area contributed by atoms with Crippen LogP contribution in [-0.4, -0.2) is 10.1 Å². The fraction of sp³-hybridized carbons (Fsp3) is 0.455. The summed E-state index contributed by atoms with van der Waals surface area (Å²) in [7, 11) is 0. The molecule has 0 aromatic carbocycles. The van der Waals surface area contributed by atoms with Crippen LogP contribution in [0, 0.1) is 23.7 Å². The summed E-state index contributed by atoms with van der Waals surface area (Å²) in [5.74, 6) is 0. The zero-order chi connectivity index (χ0) is 10.8. The van der Waals surface area contributed by atoms with E-state index in [1.165, 1.54) is 0 Å². The molecule has 14 heavy (non-hydrogen) atoms. The lowest BCUT2D eigenvalue weighted by atomic mass is 9.83. The van der Waals surface area contributed by atoms with Gasteiger partial charge in [0.1, 0.15) is 0 Å². The smallest absolute Gasteiger partial charge is 0.0988 e. The number of aliphatic hydroxyl groups excluding tert-OH is 1. The number of aryl methyl sites for hydroxylation is 1. The van der Waals surface area contributed by atoms with Crippen LogP contribution in [-0.2, 0) is 0 Å². The van der Waals surface area contributed by atoms with Gasteiger partial charge in [-0.2, -0.15) is 5.26 Å². The summed E-state index contributed by atoms with van der Waals surface area (Å²) in [5, 5.41) is 18.9. The van der Waals surface area contributed by atoms with Crippen LogP contribution < -0.4 is 0 Å². The zero-order valence-corrected chi connectivity index (χ0v) is 8.65. The molecule has 1 N–H and O–H groups in total. The van der Waals surface area contributed by atoms with Crippen molar-refractivity contribution in [2.45, 2.75) is 26.9 Å². The van der Waals surface area contributed by atoms with Crippen LogP contribution in [0.3, 0.4) is 0 Å². The van der Waals surface area contributed by atoms with E-state index in [2.05, 4.69) is 11.1 Å². The molecule has 0 saturated carbocycles. The molecular formula is C11H14N2O. The first-order valence-corrected chi connectivity index (χ1v) is 4.49. The quantitative estimate of drug-likeness (QED) is 0.775. The van der Waals surface area contributed by atoms with Gasteiger partial charge >= 0.3 is 0 Å². The lowest BCUT2D eigenvalue weighted by Gasteiger charge is -2.24. The molecule has 1 unspecified atom stereocenters. The Morgan fingerprint density at radius 1 is 1.57 bits per heavy atom. The number of nitrogens with zero attached hydrogens (tertiary/aromatic N) is 2. The molecule has 74 valence electrons. The Morgan fingerprint density at radius 3 is 2.71 bits per heavy atom. The summed E-state index contributed by atoms with van der Waals surface area (Å²) in [6, 6.07) is 3.91. The lowest BCUT2D eigenvalue weighted by Crippen LogP contribution is -2.20. The Hall–Kier alpha value is -1.40. The maximum atomic E-state index is 9.97. The van der Waals surface area contributed by atoms with Crippen molar-refractivity contribution >= 4 is 0 Å². The molecule has 1 aromatic rings. The number of nitriles is 1. The van der Waals surface area contributed by atoms with E-state index in [1.54, 1.807) is 26.2 Å². The zero-order valence-electron chi connectivity index (χ0n) is 8.65. The molecule has 3 nitrogen and oxygen atoms in total. The van der Waals surface area contributed by atoms with E-state index in [0.717, 1.165) is 11.1 Å². The topological polar surface area (TPSA) is 56.9 Å². The highest BCUT2D eigenvalue weighted by molar-refractivity contribution is 5.26. The average molecular weight is 190 g/mol. The van der Waals surface area contributed by atoms with Crippen molar-refractivity contribution in [3.8, 4) is 6.07 Å². The van der Waals surface area contributed by atoms with Gasteiger partial charge in [0.05, 0.1) is 17.6 Å². The fourth-order valence-electron chi connectivity index (χ4n) is 1.21. The van der Waals surface area contributed by atoms with Crippen LogP contribution in [0.25, 0.3) is 0 Å². The summed E-state index contributed by atoms with van der Waals surface area (Å²) in [6.07, 6.45) is 2.49. The van der Waals surface area contributed by atoms with Crippen LogP contribution >= 0.6 is 0 Å². The highest BCUT2D eigenvalue weighted by Crippen LogP contribution is 2.33. The normalized spacial score (nSPS) is 13.4. The van der Waals surface area contributed by atoms with Crippen molar-refractivity contribution in [1.82, 2.24) is 4.98 Å². The molecule has 1 heterocycles. The number of hydrogen-bond acceptors (Lipinski definition) is 3. The monoisotopic (exact) mass is 190 g/mol. The first kappa shape index (κ1) is 10.7. The van der Waals surface area contributed by atoms with E-state index in [0.29, 0.717) is 0 Å². The fourth-order valence-corrected chi connectivity index (χ4v) is 1.21. The first-order valence-electron chi connectivity index (χ1n) is 4.49. The van der Waals surface area contributed by atoms with Crippen LogP contribution in [0.15, 0.2) is 18.5 Å². The Balaban J connectivity index is 3.08. The minimum atomic E-state index is -0.791. The summed E-state index contributed by atoms with van der Waals surface area (Å²) < 4.78 is 0. The molecule has 0 aliphatic heterocycles. The van der Waals surface area contributed by atoms with Crippen LogP contribution in [0.4, 0.5) is 0 Å². The molecule has 0 spiro atoms. The van der Waals surface area contributed by atoms with Crippen molar-refractivity contribution in [3.63, 3.8) is 0 Å². The van der Waals surface area contributed by atoms with E-state index >= 15 is 0 Å². The van der Waals surface area contributed by atoms with Gasteiger partial charge in [0.2, 0.25) is 0 Å². The van der Waals surface area contributed by atoms with Crippen LogP contribution in [0.5, 0.6) is 0 Å². The first-order chi connectivity index (χ1) is 6.49. The molecule has 1 aromatic heterocycles. The van der Waals surface area contributed by atoms with Gasteiger partial charge in [-0.15, -0.1) is 0 Å². The van der Waals surface area contributed by atoms with Crippen molar-refractivity contribution < 1.29 is 5.11 Å². The molecule has 0 aliphatic rings. The Labute approximate surface area is 84.0 Å². The van der Waals surface area contributed by atoms with Crippen LogP contribution in [0.1, 0.15) is 31.1 Å². The molecular weight excluding hydrogens is 176 g/mol. The molecule has 0 saturated heterocycles. The minimum absolute atomic E-state index is 0.721. The highest BCUT2D eigenvalue weighted by Gasteiger charge is 2.29. The summed E-state index contributed by atoms with van der Waals surface area (Å²) in [6.45, 7) is 5.32. The molecule has 0 fully saturated rings. The predicted molar refractivity (Wildman–Crippen MR) is 53.3 cm³/mol. The second kappa shape index (κ2) is 3.77. The molecule has 1 atom stereocenters. The Morgan fingerprint density at radius 2 is 2.21 bits per heavy atom. The van der Waals surface area contributed by atoms with Gasteiger partial charge in [-0.1, -0.05) is 0 Å². The summed E-state index contributed by atoms with van der Waals surface area (Å²) in [4.78, 5) is 3.94. The van der Waals surface area contributed by atoms with Gasteiger partial charge < -0.3 is 5.11 Å². The number of aliphatic hydroxyl groups is 1. The Kier molecular flexibility index (Phi) is 2.87. The van der Waals surface area contributed by atoms with Gasteiger partial charge in [0.25, 0.3) is 0 Å². The minimum Gasteiger partial charge on any atom is -0.387 e. The van der Waals surface area contributed by atoms with E-state index in [1.807, 2.05) is 13.0 Å². The van der Waals surface area contributed by atoms with Gasteiger partial charge in [0.15, 0.2) is 0 Å². The second-order valence-electron chi connectivity index (χ2n) is 3.97. The predicted octanol–water partition coefficient (Wildman–Crippen LogP) is 1.97. The van der Waals surface area contributed by atoms with Crippen molar-refractivity contribution in [3.05, 3.63) is 29.6 Å². The van der Waals surface area contributed by atoms with E-state index in [4.69, 9.17) is 5.26 Å². The van der Waals surface area contributed by atoms with Gasteiger partial charge in [0, 0.05) is 18.0 Å². The van der Waals surface area contributed by atoms with Crippen molar-refractivity contribution in [1.29, 1.82) is 5.26 Å². The largest absolute Gasteiger partial charge is 0.387 e. The Bertz CT molecular complexity index is 366. The third kappa shape index (κ3) is 1.91. The van der Waals surface area contributed by atoms with E-state index < -0.39 is 11.5 Å². The molecule has 3 heteroatoms. The maximum absolute atomic E-state index is 9.97. The molecule has 0 amide bonds. The number of rotatable bonds is 2. The van der Waals surface area contributed by atoms with Gasteiger partial charge in [-0.05, 0) is 32.4 Å². The second-order valence-corrected chi connectivity index (χ2v) is 3.97. The van der Waals surface area contributed by atoms with Crippen molar-refractivity contribution in [2.75, 3.05) is 0 Å². The van der Waals surface area contributed by atoms with Gasteiger partial charge in [-0.25, -0.2) is 0 Å². The molecule has 1 rings (SSSR count). The standard InChI is InChI=1S/C11H14N2O/c1-8-4-5-13-6-9(8)10(14)11(2,3)7-12/h4-6,10,14H,1-3H3. The number of hydrogen-bond donors (Lipinski definition) is 1. The molecule has 0 radical (unpaired) electrons. The summed E-state index contributed by atoms with van der Waals surface area (Å²) >= 11 is 0. The average Bonchev–Trinajstić information content (AvgIpc) is 2.17. The third-order valence-corrected chi connectivity index (χ3v) is 2.35.